The molecule has 1 aromatic carbocycles. The number of nitro benzene ring substituents is 1. The van der Waals surface area contributed by atoms with Crippen molar-refractivity contribution in [3.05, 3.63) is 64.0 Å². The minimum Gasteiger partial charge on any atom is -0.349 e. The average Bonchev–Trinajstić information content (AvgIpc) is 3.20. The van der Waals surface area contributed by atoms with Gasteiger partial charge < -0.3 is 9.88 Å². The third-order valence-corrected chi connectivity index (χ3v) is 4.08. The Kier molecular flexibility index (Phi) is 3.75. The molecule has 1 aromatic heterocycles. The second-order valence-corrected chi connectivity index (χ2v) is 5.61. The van der Waals surface area contributed by atoms with Crippen LogP contribution in [0.4, 0.5) is 5.69 Å². The molecule has 0 aliphatic heterocycles. The maximum atomic E-state index is 11.1. The van der Waals surface area contributed by atoms with Crippen molar-refractivity contribution in [3.63, 3.8) is 0 Å². The Morgan fingerprint density at radius 2 is 2.14 bits per heavy atom. The van der Waals surface area contributed by atoms with E-state index in [4.69, 9.17) is 0 Å². The molecule has 1 aliphatic carbocycles. The normalized spacial score (nSPS) is 15.9. The van der Waals surface area contributed by atoms with E-state index < -0.39 is 0 Å². The molecule has 1 atom stereocenters. The van der Waals surface area contributed by atoms with Gasteiger partial charge in [-0.15, -0.1) is 0 Å². The van der Waals surface area contributed by atoms with Gasteiger partial charge >= 0.3 is 0 Å². The Hall–Kier alpha value is -2.14. The highest BCUT2D eigenvalue weighted by Gasteiger charge is 2.31. The Bertz CT molecular complexity index is 646. The third-order valence-electron chi connectivity index (χ3n) is 4.08. The average molecular weight is 285 g/mol. The van der Waals surface area contributed by atoms with Crippen LogP contribution in [-0.4, -0.2) is 16.5 Å². The van der Waals surface area contributed by atoms with E-state index in [1.54, 1.807) is 12.1 Å². The van der Waals surface area contributed by atoms with Gasteiger partial charge in [-0.3, -0.25) is 10.1 Å². The monoisotopic (exact) mass is 285 g/mol. The number of nitrogens with one attached hydrogen (secondary N) is 1. The summed E-state index contributed by atoms with van der Waals surface area (Å²) in [5, 5.41) is 14.4. The van der Waals surface area contributed by atoms with Crippen LogP contribution >= 0.6 is 0 Å². The van der Waals surface area contributed by atoms with Gasteiger partial charge in [-0.1, -0.05) is 18.2 Å². The summed E-state index contributed by atoms with van der Waals surface area (Å²) in [5.74, 6) is 0.733. The van der Waals surface area contributed by atoms with Crippen LogP contribution in [0.25, 0.3) is 0 Å². The molecule has 0 saturated heterocycles. The Morgan fingerprint density at radius 1 is 1.38 bits per heavy atom. The smallest absolute Gasteiger partial charge is 0.274 e. The topological polar surface area (TPSA) is 60.1 Å². The zero-order chi connectivity index (χ0) is 14.8. The van der Waals surface area contributed by atoms with E-state index in [1.807, 2.05) is 29.9 Å². The minimum atomic E-state index is -0.319. The number of rotatable bonds is 6. The van der Waals surface area contributed by atoms with Gasteiger partial charge in [-0.25, -0.2) is 0 Å². The van der Waals surface area contributed by atoms with Crippen molar-refractivity contribution < 1.29 is 4.92 Å². The van der Waals surface area contributed by atoms with E-state index in [1.165, 1.54) is 18.4 Å². The van der Waals surface area contributed by atoms with Crippen molar-refractivity contribution in [3.8, 4) is 0 Å². The molecule has 0 amide bonds. The summed E-state index contributed by atoms with van der Waals surface area (Å²) in [6.07, 6.45) is 6.65. The summed E-state index contributed by atoms with van der Waals surface area (Å²) in [5.41, 5.74) is 2.18. The van der Waals surface area contributed by atoms with Crippen LogP contribution in [0.5, 0.6) is 0 Å². The van der Waals surface area contributed by atoms with E-state index >= 15 is 0 Å². The zero-order valence-electron chi connectivity index (χ0n) is 12.0. The number of para-hydroxylation sites is 1. The van der Waals surface area contributed by atoms with Gasteiger partial charge in [0.25, 0.3) is 5.69 Å². The molecule has 21 heavy (non-hydrogen) atoms. The van der Waals surface area contributed by atoms with E-state index in [-0.39, 0.29) is 10.6 Å². The first-order chi connectivity index (χ1) is 10.2. The van der Waals surface area contributed by atoms with Crippen LogP contribution < -0.4 is 5.32 Å². The largest absolute Gasteiger partial charge is 0.349 e. The standard InChI is InChI=1S/C16H19N3O2/c1-17-16(12-6-7-12)14-8-9-18(11-14)10-13-4-2-3-5-15(13)19(20)21/h2-5,8-9,11-12,16-17H,6-7,10H2,1H3. The number of benzene rings is 1. The lowest BCUT2D eigenvalue weighted by Crippen LogP contribution is -2.17. The summed E-state index contributed by atoms with van der Waals surface area (Å²) in [7, 11) is 1.99. The van der Waals surface area contributed by atoms with E-state index in [0.717, 1.165) is 11.5 Å². The summed E-state index contributed by atoms with van der Waals surface area (Å²) in [6.45, 7) is 0.526. The minimum absolute atomic E-state index is 0.181. The summed E-state index contributed by atoms with van der Waals surface area (Å²) >= 11 is 0. The molecule has 110 valence electrons. The van der Waals surface area contributed by atoms with Crippen molar-refractivity contribution in [1.29, 1.82) is 0 Å². The first-order valence-electron chi connectivity index (χ1n) is 7.24. The molecular formula is C16H19N3O2. The van der Waals surface area contributed by atoms with Gasteiger partial charge in [0.2, 0.25) is 0 Å². The molecule has 0 bridgehead atoms. The summed E-state index contributed by atoms with van der Waals surface area (Å²) in [6, 6.07) is 9.42. The van der Waals surface area contributed by atoms with Crippen LogP contribution in [-0.2, 0) is 6.54 Å². The van der Waals surface area contributed by atoms with Crippen molar-refractivity contribution in [2.24, 2.45) is 5.92 Å². The fourth-order valence-electron chi connectivity index (χ4n) is 2.87. The molecule has 5 heteroatoms. The molecule has 1 aliphatic rings. The van der Waals surface area contributed by atoms with Gasteiger partial charge in [0.05, 0.1) is 11.5 Å². The first kappa shape index (κ1) is 13.8. The number of hydrogen-bond donors (Lipinski definition) is 1. The maximum Gasteiger partial charge on any atom is 0.274 e. The molecule has 1 unspecified atom stereocenters. The predicted octanol–water partition coefficient (Wildman–Crippen LogP) is 3.12. The van der Waals surface area contributed by atoms with Crippen LogP contribution in [0, 0.1) is 16.0 Å². The molecule has 1 N–H and O–H groups in total. The number of nitrogens with zero attached hydrogens (tertiary/aromatic N) is 2. The molecule has 0 spiro atoms. The Morgan fingerprint density at radius 3 is 2.81 bits per heavy atom. The summed E-state index contributed by atoms with van der Waals surface area (Å²) in [4.78, 5) is 10.7. The fraction of sp³-hybridized carbons (Fsp3) is 0.375. The molecule has 1 saturated carbocycles. The first-order valence-corrected chi connectivity index (χ1v) is 7.24. The predicted molar refractivity (Wildman–Crippen MR) is 81.2 cm³/mol. The van der Waals surface area contributed by atoms with Gasteiger partial charge in [0, 0.05) is 30.1 Å². The number of nitro groups is 1. The quantitative estimate of drug-likeness (QED) is 0.655. The van der Waals surface area contributed by atoms with Crippen LogP contribution in [0.15, 0.2) is 42.7 Å². The van der Waals surface area contributed by atoms with Gasteiger partial charge in [0.15, 0.2) is 0 Å². The van der Waals surface area contributed by atoms with Crippen molar-refractivity contribution >= 4 is 5.69 Å². The second kappa shape index (κ2) is 5.69. The molecule has 5 nitrogen and oxygen atoms in total. The Labute approximate surface area is 123 Å². The van der Waals surface area contributed by atoms with Crippen LogP contribution in [0.2, 0.25) is 0 Å². The highest BCUT2D eigenvalue weighted by Crippen LogP contribution is 2.40. The summed E-state index contributed by atoms with van der Waals surface area (Å²) < 4.78 is 2.02. The van der Waals surface area contributed by atoms with E-state index in [9.17, 15) is 10.1 Å². The van der Waals surface area contributed by atoms with Gasteiger partial charge in [0.1, 0.15) is 0 Å². The fourth-order valence-corrected chi connectivity index (χ4v) is 2.87. The van der Waals surface area contributed by atoms with E-state index in [2.05, 4.69) is 17.6 Å². The van der Waals surface area contributed by atoms with Crippen molar-refractivity contribution in [1.82, 2.24) is 9.88 Å². The SMILES string of the molecule is CNC(c1ccn(Cc2ccccc2[N+](=O)[O-])c1)C1CC1. The molecular weight excluding hydrogens is 266 g/mol. The molecule has 3 rings (SSSR count). The lowest BCUT2D eigenvalue weighted by molar-refractivity contribution is -0.385. The van der Waals surface area contributed by atoms with Crippen molar-refractivity contribution in [2.45, 2.75) is 25.4 Å². The molecule has 1 heterocycles. The lowest BCUT2D eigenvalue weighted by atomic mass is 10.1. The maximum absolute atomic E-state index is 11.1. The third kappa shape index (κ3) is 2.97. The van der Waals surface area contributed by atoms with Crippen molar-refractivity contribution in [2.75, 3.05) is 7.05 Å². The zero-order valence-corrected chi connectivity index (χ0v) is 12.0. The number of hydrogen-bond acceptors (Lipinski definition) is 3. The van der Waals surface area contributed by atoms with Gasteiger partial charge in [-0.2, -0.15) is 0 Å². The van der Waals surface area contributed by atoms with Crippen LogP contribution in [0.1, 0.15) is 30.0 Å². The lowest BCUT2D eigenvalue weighted by Gasteiger charge is -2.13. The number of aromatic nitrogens is 1. The Balaban J connectivity index is 1.80. The molecule has 2 aromatic rings. The van der Waals surface area contributed by atoms with Gasteiger partial charge in [-0.05, 0) is 37.4 Å². The molecule has 1 fully saturated rings. The highest BCUT2D eigenvalue weighted by molar-refractivity contribution is 5.40. The molecule has 0 radical (unpaired) electrons. The van der Waals surface area contributed by atoms with E-state index in [0.29, 0.717) is 12.6 Å². The second-order valence-electron chi connectivity index (χ2n) is 5.61. The highest BCUT2D eigenvalue weighted by atomic mass is 16.6. The van der Waals surface area contributed by atoms with Crippen LogP contribution in [0.3, 0.4) is 0 Å².